The molecule has 3 nitrogen and oxygen atoms in total. The van der Waals surface area contributed by atoms with Gasteiger partial charge in [-0.05, 0) is 66.8 Å². The van der Waals surface area contributed by atoms with Crippen LogP contribution >= 0.6 is 11.3 Å². The van der Waals surface area contributed by atoms with Crippen LogP contribution in [0.3, 0.4) is 0 Å². The van der Waals surface area contributed by atoms with Gasteiger partial charge in [0.1, 0.15) is 5.82 Å². The van der Waals surface area contributed by atoms with Gasteiger partial charge in [0.25, 0.3) is 0 Å². The molecule has 1 fully saturated rings. The van der Waals surface area contributed by atoms with Crippen LogP contribution in [0.2, 0.25) is 0 Å². The minimum Gasteiger partial charge on any atom is -0.325 e. The zero-order valence-corrected chi connectivity index (χ0v) is 14.5. The molecule has 5 heteroatoms. The summed E-state index contributed by atoms with van der Waals surface area (Å²) in [7, 11) is 0. The number of nitrogens with zero attached hydrogens (tertiary/aromatic N) is 1. The summed E-state index contributed by atoms with van der Waals surface area (Å²) in [5.41, 5.74) is 2.53. The molecule has 1 N–H and O–H groups in total. The summed E-state index contributed by atoms with van der Waals surface area (Å²) in [6, 6.07) is 7.43. The van der Waals surface area contributed by atoms with Gasteiger partial charge in [-0.15, -0.1) is 11.3 Å². The molecule has 2 aromatic rings. The first kappa shape index (κ1) is 15.8. The smallest absolute Gasteiger partial charge is 0.238 e. The molecule has 1 aliphatic heterocycles. The van der Waals surface area contributed by atoms with Crippen LogP contribution in [0, 0.1) is 18.7 Å². The van der Waals surface area contributed by atoms with E-state index in [0.29, 0.717) is 29.8 Å². The zero-order chi connectivity index (χ0) is 16.7. The van der Waals surface area contributed by atoms with Crippen molar-refractivity contribution < 1.29 is 9.18 Å². The van der Waals surface area contributed by atoms with E-state index in [1.165, 1.54) is 29.3 Å². The third-order valence-corrected chi connectivity index (χ3v) is 5.99. The molecule has 2 heterocycles. The van der Waals surface area contributed by atoms with Crippen LogP contribution in [0.25, 0.3) is 0 Å². The van der Waals surface area contributed by atoms with Crippen LogP contribution in [0.15, 0.2) is 29.6 Å². The first-order valence-electron chi connectivity index (χ1n) is 8.48. The second kappa shape index (κ2) is 6.30. The number of halogens is 1. The maximum absolute atomic E-state index is 13.6. The highest BCUT2D eigenvalue weighted by Crippen LogP contribution is 2.48. The zero-order valence-electron chi connectivity index (χ0n) is 13.7. The van der Waals surface area contributed by atoms with Crippen LogP contribution in [0.4, 0.5) is 10.1 Å². The summed E-state index contributed by atoms with van der Waals surface area (Å²) in [6.45, 7) is 3.00. The second-order valence-corrected chi connectivity index (χ2v) is 7.81. The lowest BCUT2D eigenvalue weighted by atomic mass is 9.96. The van der Waals surface area contributed by atoms with Crippen LogP contribution in [-0.4, -0.2) is 23.9 Å². The molecule has 0 unspecified atom stereocenters. The molecule has 0 saturated heterocycles. The summed E-state index contributed by atoms with van der Waals surface area (Å²) >= 11 is 1.83. The third kappa shape index (κ3) is 3.10. The van der Waals surface area contributed by atoms with E-state index < -0.39 is 0 Å². The average Bonchev–Trinajstić information content (AvgIpc) is 3.27. The lowest BCUT2D eigenvalue weighted by molar-refractivity contribution is -0.118. The highest BCUT2D eigenvalue weighted by atomic mass is 32.1. The standard InChI is InChI=1S/C19H21FN2OS/c1-12-2-5-14(10-16(12)20)21-18(23)11-22-8-6-17-15(7-9-24-17)19(22)13-3-4-13/h2,5,7,9-10,13,19H,3-4,6,8,11H2,1H3,(H,21,23)/t19-/m1/s1. The normalized spacial score (nSPS) is 20.7. The van der Waals surface area contributed by atoms with Crippen LogP contribution < -0.4 is 5.32 Å². The van der Waals surface area contributed by atoms with Gasteiger partial charge in [0.2, 0.25) is 5.91 Å². The molecule has 1 amide bonds. The highest BCUT2D eigenvalue weighted by Gasteiger charge is 2.40. The summed E-state index contributed by atoms with van der Waals surface area (Å²) < 4.78 is 13.6. The molecule has 2 aliphatic rings. The Morgan fingerprint density at radius 1 is 1.38 bits per heavy atom. The lowest BCUT2D eigenvalue weighted by Gasteiger charge is -2.35. The minimum absolute atomic E-state index is 0.0671. The van der Waals surface area contributed by atoms with Crippen LogP contribution in [0.1, 0.15) is 34.9 Å². The number of hydrogen-bond donors (Lipinski definition) is 1. The number of hydrogen-bond acceptors (Lipinski definition) is 3. The van der Waals surface area contributed by atoms with Crippen LogP contribution in [0.5, 0.6) is 0 Å². The molecule has 1 saturated carbocycles. The van der Waals surface area contributed by atoms with E-state index in [9.17, 15) is 9.18 Å². The molecule has 1 aliphatic carbocycles. The summed E-state index contributed by atoms with van der Waals surface area (Å²) in [6.07, 6.45) is 3.52. The van der Waals surface area contributed by atoms with Crippen molar-refractivity contribution in [2.24, 2.45) is 5.92 Å². The third-order valence-electron chi connectivity index (χ3n) is 4.99. The number of carbonyl (C=O) groups excluding carboxylic acids is 1. The van der Waals surface area contributed by atoms with Gasteiger partial charge in [-0.1, -0.05) is 6.07 Å². The van der Waals surface area contributed by atoms with Crippen molar-refractivity contribution in [1.82, 2.24) is 4.90 Å². The molecular weight excluding hydrogens is 323 g/mol. The molecular formula is C19H21FN2OS. The topological polar surface area (TPSA) is 32.3 Å². The Balaban J connectivity index is 1.46. The van der Waals surface area contributed by atoms with Gasteiger partial charge in [0.05, 0.1) is 6.54 Å². The number of thiophene rings is 1. The number of rotatable bonds is 4. The quantitative estimate of drug-likeness (QED) is 0.904. The van der Waals surface area contributed by atoms with Gasteiger partial charge in [-0.2, -0.15) is 0 Å². The van der Waals surface area contributed by atoms with E-state index in [4.69, 9.17) is 0 Å². The predicted molar refractivity (Wildman–Crippen MR) is 94.8 cm³/mol. The first-order chi connectivity index (χ1) is 11.6. The van der Waals surface area contributed by atoms with Gasteiger partial charge < -0.3 is 5.32 Å². The fourth-order valence-electron chi connectivity index (χ4n) is 3.60. The van der Waals surface area contributed by atoms with Gasteiger partial charge in [-0.25, -0.2) is 4.39 Å². The highest BCUT2D eigenvalue weighted by molar-refractivity contribution is 7.10. The number of benzene rings is 1. The Bertz CT molecular complexity index is 768. The number of amides is 1. The maximum atomic E-state index is 13.6. The fraction of sp³-hybridized carbons (Fsp3) is 0.421. The van der Waals surface area contributed by atoms with E-state index in [0.717, 1.165) is 13.0 Å². The van der Waals surface area contributed by atoms with Gasteiger partial charge in [0.15, 0.2) is 0 Å². The van der Waals surface area contributed by atoms with Crippen molar-refractivity contribution in [3.05, 3.63) is 51.5 Å². The van der Waals surface area contributed by atoms with Gasteiger partial charge in [-0.3, -0.25) is 9.69 Å². The lowest BCUT2D eigenvalue weighted by Crippen LogP contribution is -2.41. The monoisotopic (exact) mass is 344 g/mol. The molecule has 0 bridgehead atoms. The minimum atomic E-state index is -0.287. The Morgan fingerprint density at radius 2 is 2.21 bits per heavy atom. The fourth-order valence-corrected chi connectivity index (χ4v) is 4.51. The molecule has 0 radical (unpaired) electrons. The van der Waals surface area contributed by atoms with E-state index in [-0.39, 0.29) is 11.7 Å². The largest absolute Gasteiger partial charge is 0.325 e. The summed E-state index contributed by atoms with van der Waals surface area (Å²) in [4.78, 5) is 16.2. The maximum Gasteiger partial charge on any atom is 0.238 e. The van der Waals surface area contributed by atoms with Crippen molar-refractivity contribution >= 4 is 22.9 Å². The molecule has 1 aromatic heterocycles. The number of aryl methyl sites for hydroxylation is 1. The number of fused-ring (bicyclic) bond motifs is 1. The molecule has 126 valence electrons. The number of carbonyl (C=O) groups is 1. The molecule has 0 spiro atoms. The van der Waals surface area contributed by atoms with Crippen molar-refractivity contribution in [3.8, 4) is 0 Å². The molecule has 24 heavy (non-hydrogen) atoms. The van der Waals surface area contributed by atoms with Gasteiger partial charge in [0, 0.05) is 23.2 Å². The van der Waals surface area contributed by atoms with E-state index in [1.807, 2.05) is 11.3 Å². The average molecular weight is 344 g/mol. The van der Waals surface area contributed by atoms with E-state index >= 15 is 0 Å². The van der Waals surface area contributed by atoms with E-state index in [2.05, 4.69) is 21.7 Å². The second-order valence-electron chi connectivity index (χ2n) is 6.81. The Hall–Kier alpha value is -1.72. The van der Waals surface area contributed by atoms with Crippen molar-refractivity contribution in [1.29, 1.82) is 0 Å². The summed E-state index contributed by atoms with van der Waals surface area (Å²) in [5.74, 6) is 0.329. The Morgan fingerprint density at radius 3 is 2.96 bits per heavy atom. The number of nitrogens with one attached hydrogen (secondary N) is 1. The SMILES string of the molecule is Cc1ccc(NC(=O)CN2CCc3sccc3[C@H]2C2CC2)cc1F. The van der Waals surface area contributed by atoms with Crippen LogP contribution in [-0.2, 0) is 11.2 Å². The first-order valence-corrected chi connectivity index (χ1v) is 9.36. The predicted octanol–water partition coefficient (Wildman–Crippen LogP) is 4.14. The molecule has 4 rings (SSSR count). The summed E-state index contributed by atoms with van der Waals surface area (Å²) in [5, 5.41) is 5.00. The van der Waals surface area contributed by atoms with Crippen molar-refractivity contribution in [2.45, 2.75) is 32.2 Å². The van der Waals surface area contributed by atoms with Gasteiger partial charge >= 0.3 is 0 Å². The molecule has 1 atom stereocenters. The van der Waals surface area contributed by atoms with E-state index in [1.54, 1.807) is 19.1 Å². The Labute approximate surface area is 145 Å². The van der Waals surface area contributed by atoms with Crippen molar-refractivity contribution in [2.75, 3.05) is 18.4 Å². The number of anilines is 1. The molecule has 1 aromatic carbocycles. The Kier molecular flexibility index (Phi) is 4.14. The van der Waals surface area contributed by atoms with Crippen molar-refractivity contribution in [3.63, 3.8) is 0 Å².